The molecule has 4 nitrogen and oxygen atoms in total. The van der Waals surface area contributed by atoms with E-state index in [2.05, 4.69) is 0 Å². The van der Waals surface area contributed by atoms with Crippen molar-refractivity contribution >= 4 is 21.4 Å². The van der Waals surface area contributed by atoms with Crippen LogP contribution in [0.3, 0.4) is 0 Å². The van der Waals surface area contributed by atoms with Gasteiger partial charge in [-0.15, -0.1) is 0 Å². The maximum atomic E-state index is 12.9. The maximum Gasteiger partial charge on any atom is 0.258 e. The SMILES string of the molecule is C[C@@H]1Cc2ccccc2N1C(=O)c1cccc(CS(C)(=O)=O)c1. The summed E-state index contributed by atoms with van der Waals surface area (Å²) >= 11 is 0. The van der Waals surface area contributed by atoms with Crippen molar-refractivity contribution < 1.29 is 13.2 Å². The van der Waals surface area contributed by atoms with E-state index in [0.29, 0.717) is 11.1 Å². The Morgan fingerprint density at radius 2 is 1.91 bits per heavy atom. The van der Waals surface area contributed by atoms with Crippen LogP contribution in [0, 0.1) is 0 Å². The Kier molecular flexibility index (Phi) is 3.98. The van der Waals surface area contributed by atoms with Gasteiger partial charge in [-0.3, -0.25) is 4.79 Å². The minimum absolute atomic E-state index is 0.0553. The highest BCUT2D eigenvalue weighted by atomic mass is 32.2. The molecule has 2 aromatic carbocycles. The van der Waals surface area contributed by atoms with E-state index in [1.165, 1.54) is 11.8 Å². The first-order valence-electron chi connectivity index (χ1n) is 7.53. The molecule has 0 saturated heterocycles. The number of hydrogen-bond donors (Lipinski definition) is 0. The van der Waals surface area contributed by atoms with Crippen molar-refractivity contribution in [3.63, 3.8) is 0 Å². The third kappa shape index (κ3) is 3.29. The summed E-state index contributed by atoms with van der Waals surface area (Å²) in [5.41, 5.74) is 3.27. The minimum atomic E-state index is -3.12. The van der Waals surface area contributed by atoms with Gasteiger partial charge >= 0.3 is 0 Å². The Morgan fingerprint density at radius 3 is 2.65 bits per heavy atom. The summed E-state index contributed by atoms with van der Waals surface area (Å²) < 4.78 is 22.9. The Hall–Kier alpha value is -2.14. The molecular formula is C18H19NO3S. The number of anilines is 1. The van der Waals surface area contributed by atoms with Crippen molar-refractivity contribution in [1.29, 1.82) is 0 Å². The number of rotatable bonds is 3. The fraction of sp³-hybridized carbons (Fsp3) is 0.278. The lowest BCUT2D eigenvalue weighted by Gasteiger charge is -2.23. The van der Waals surface area contributed by atoms with Gasteiger partial charge in [-0.2, -0.15) is 0 Å². The molecule has 0 fully saturated rings. The van der Waals surface area contributed by atoms with Gasteiger partial charge in [0.25, 0.3) is 5.91 Å². The molecule has 0 aliphatic carbocycles. The first kappa shape index (κ1) is 15.7. The predicted molar refractivity (Wildman–Crippen MR) is 91.4 cm³/mol. The fourth-order valence-corrected chi connectivity index (χ4v) is 3.90. The molecule has 3 rings (SSSR count). The van der Waals surface area contributed by atoms with Crippen LogP contribution < -0.4 is 4.90 Å². The molecule has 0 radical (unpaired) electrons. The average molecular weight is 329 g/mol. The molecule has 1 heterocycles. The second kappa shape index (κ2) is 5.81. The molecule has 0 aromatic heterocycles. The van der Waals surface area contributed by atoms with Crippen molar-refractivity contribution in [3.8, 4) is 0 Å². The number of hydrogen-bond acceptors (Lipinski definition) is 3. The quantitative estimate of drug-likeness (QED) is 0.870. The van der Waals surface area contributed by atoms with E-state index in [4.69, 9.17) is 0 Å². The second-order valence-corrected chi connectivity index (χ2v) is 8.27. The predicted octanol–water partition coefficient (Wildman–Crippen LogP) is 2.82. The number of nitrogens with zero attached hydrogens (tertiary/aromatic N) is 1. The van der Waals surface area contributed by atoms with Crippen LogP contribution >= 0.6 is 0 Å². The van der Waals surface area contributed by atoms with Crippen LogP contribution in [-0.2, 0) is 22.0 Å². The van der Waals surface area contributed by atoms with E-state index < -0.39 is 9.84 Å². The number of sulfone groups is 1. The molecule has 0 saturated carbocycles. The van der Waals surface area contributed by atoms with E-state index in [-0.39, 0.29) is 17.7 Å². The molecule has 1 aliphatic rings. The van der Waals surface area contributed by atoms with Gasteiger partial charge in [0.05, 0.1) is 5.75 Å². The van der Waals surface area contributed by atoms with Crippen molar-refractivity contribution in [1.82, 2.24) is 0 Å². The van der Waals surface area contributed by atoms with Crippen LogP contribution in [0.25, 0.3) is 0 Å². The number of carbonyl (C=O) groups excluding carboxylic acids is 1. The molecule has 0 N–H and O–H groups in total. The number of carbonyl (C=O) groups is 1. The number of benzene rings is 2. The lowest BCUT2D eigenvalue weighted by molar-refractivity contribution is 0.0981. The largest absolute Gasteiger partial charge is 0.305 e. The summed E-state index contributed by atoms with van der Waals surface area (Å²) in [5.74, 6) is -0.141. The number of para-hydroxylation sites is 1. The Morgan fingerprint density at radius 1 is 1.17 bits per heavy atom. The van der Waals surface area contributed by atoms with Gasteiger partial charge in [0.2, 0.25) is 0 Å². The normalized spacial score (nSPS) is 17.1. The molecule has 1 aliphatic heterocycles. The summed E-state index contributed by atoms with van der Waals surface area (Å²) in [7, 11) is -3.12. The van der Waals surface area contributed by atoms with E-state index in [9.17, 15) is 13.2 Å². The van der Waals surface area contributed by atoms with Crippen molar-refractivity contribution in [2.45, 2.75) is 25.1 Å². The smallest absolute Gasteiger partial charge is 0.258 e. The molecule has 5 heteroatoms. The lowest BCUT2D eigenvalue weighted by Crippen LogP contribution is -2.35. The van der Waals surface area contributed by atoms with E-state index in [1.54, 1.807) is 29.2 Å². The molecule has 23 heavy (non-hydrogen) atoms. The standard InChI is InChI=1S/C18H19NO3S/c1-13-10-15-7-3-4-9-17(15)19(13)18(20)16-8-5-6-14(11-16)12-23(2,21)22/h3-9,11,13H,10,12H2,1-2H3/t13-/m1/s1. The monoisotopic (exact) mass is 329 g/mol. The van der Waals surface area contributed by atoms with Crippen molar-refractivity contribution in [2.24, 2.45) is 0 Å². The Bertz CT molecular complexity index is 858. The molecular weight excluding hydrogens is 310 g/mol. The highest BCUT2D eigenvalue weighted by molar-refractivity contribution is 7.89. The molecule has 0 spiro atoms. The van der Waals surface area contributed by atoms with Crippen LogP contribution in [-0.4, -0.2) is 26.6 Å². The van der Waals surface area contributed by atoms with Gasteiger partial charge in [0, 0.05) is 23.5 Å². The average Bonchev–Trinajstić information content (AvgIpc) is 2.81. The van der Waals surface area contributed by atoms with Crippen LogP contribution in [0.2, 0.25) is 0 Å². The zero-order valence-corrected chi connectivity index (χ0v) is 14.0. The van der Waals surface area contributed by atoms with Gasteiger partial charge in [-0.25, -0.2) is 8.42 Å². The topological polar surface area (TPSA) is 54.5 Å². The van der Waals surface area contributed by atoms with Crippen LogP contribution in [0.5, 0.6) is 0 Å². The first-order chi connectivity index (χ1) is 10.8. The van der Waals surface area contributed by atoms with Gasteiger partial charge in [-0.1, -0.05) is 30.3 Å². The van der Waals surface area contributed by atoms with Crippen LogP contribution in [0.15, 0.2) is 48.5 Å². The van der Waals surface area contributed by atoms with Crippen LogP contribution in [0.1, 0.15) is 28.4 Å². The fourth-order valence-electron chi connectivity index (χ4n) is 3.11. The van der Waals surface area contributed by atoms with Crippen molar-refractivity contribution in [2.75, 3.05) is 11.2 Å². The Balaban J connectivity index is 1.94. The Labute approximate surface area is 136 Å². The van der Waals surface area contributed by atoms with Crippen molar-refractivity contribution in [3.05, 3.63) is 65.2 Å². The molecule has 0 bridgehead atoms. The van der Waals surface area contributed by atoms with Crippen LogP contribution in [0.4, 0.5) is 5.69 Å². The zero-order valence-electron chi connectivity index (χ0n) is 13.2. The number of fused-ring (bicyclic) bond motifs is 1. The molecule has 0 unspecified atom stereocenters. The van der Waals surface area contributed by atoms with E-state index >= 15 is 0 Å². The molecule has 2 aromatic rings. The summed E-state index contributed by atoms with van der Waals surface area (Å²) in [6, 6.07) is 14.9. The lowest BCUT2D eigenvalue weighted by atomic mass is 10.1. The zero-order chi connectivity index (χ0) is 16.6. The second-order valence-electron chi connectivity index (χ2n) is 6.13. The highest BCUT2D eigenvalue weighted by Gasteiger charge is 2.31. The summed E-state index contributed by atoms with van der Waals surface area (Å²) in [6.45, 7) is 2.03. The first-order valence-corrected chi connectivity index (χ1v) is 9.59. The summed E-state index contributed by atoms with van der Waals surface area (Å²) in [5, 5.41) is 0. The van der Waals surface area contributed by atoms with E-state index in [0.717, 1.165) is 12.1 Å². The van der Waals surface area contributed by atoms with Gasteiger partial charge in [0.1, 0.15) is 0 Å². The van der Waals surface area contributed by atoms with E-state index in [1.807, 2.05) is 31.2 Å². The maximum absolute atomic E-state index is 12.9. The summed E-state index contributed by atoms with van der Waals surface area (Å²) in [4.78, 5) is 14.7. The highest BCUT2D eigenvalue weighted by Crippen LogP contribution is 2.33. The van der Waals surface area contributed by atoms with Gasteiger partial charge in [-0.05, 0) is 42.7 Å². The molecule has 1 atom stereocenters. The van der Waals surface area contributed by atoms with Gasteiger partial charge < -0.3 is 4.90 Å². The third-order valence-corrected chi connectivity index (χ3v) is 4.89. The summed E-state index contributed by atoms with van der Waals surface area (Å²) in [6.07, 6.45) is 2.03. The van der Waals surface area contributed by atoms with Gasteiger partial charge in [0.15, 0.2) is 9.84 Å². The molecule has 1 amide bonds. The minimum Gasteiger partial charge on any atom is -0.305 e. The molecule has 120 valence electrons. The number of amides is 1. The third-order valence-electron chi connectivity index (χ3n) is 4.03.